The molecular weight excluding hydrogens is 460 g/mol. The number of carbonyl (C=O) groups excluding carboxylic acids is 3. The number of nitrogens with one attached hydrogen (secondary N) is 2. The average Bonchev–Trinajstić information content (AvgIpc) is 3.23. The molecule has 1 atom stereocenters. The highest BCUT2D eigenvalue weighted by atomic mass is 16.5. The third-order valence-corrected chi connectivity index (χ3v) is 7.13. The van der Waals surface area contributed by atoms with E-state index in [4.69, 9.17) is 4.52 Å². The van der Waals surface area contributed by atoms with Gasteiger partial charge in [0.25, 0.3) is 0 Å². The van der Waals surface area contributed by atoms with Crippen molar-refractivity contribution in [1.82, 2.24) is 25.3 Å². The van der Waals surface area contributed by atoms with Gasteiger partial charge in [-0.2, -0.15) is 4.98 Å². The number of amides is 3. The van der Waals surface area contributed by atoms with Crippen molar-refractivity contribution in [2.75, 3.05) is 18.4 Å². The zero-order valence-electron chi connectivity index (χ0n) is 21.2. The van der Waals surface area contributed by atoms with Crippen LogP contribution in [0.25, 0.3) is 0 Å². The summed E-state index contributed by atoms with van der Waals surface area (Å²) < 4.78 is 5.48. The van der Waals surface area contributed by atoms with E-state index in [2.05, 4.69) is 25.8 Å². The molecule has 2 N–H and O–H groups in total. The number of nitrogens with zero attached hydrogens (tertiary/aromatic N) is 4. The Morgan fingerprint density at radius 3 is 2.61 bits per heavy atom. The number of aryl methyl sites for hydroxylation is 2. The van der Waals surface area contributed by atoms with Crippen molar-refractivity contribution >= 4 is 23.5 Å². The van der Waals surface area contributed by atoms with E-state index >= 15 is 0 Å². The first-order valence-electron chi connectivity index (χ1n) is 13.0. The molecule has 1 saturated carbocycles. The van der Waals surface area contributed by atoms with Crippen LogP contribution >= 0.6 is 0 Å². The van der Waals surface area contributed by atoms with E-state index in [9.17, 15) is 14.4 Å². The number of rotatable bonds is 7. The molecule has 0 spiro atoms. The number of hydrogen-bond acceptors (Lipinski definition) is 7. The fourth-order valence-electron chi connectivity index (χ4n) is 5.18. The van der Waals surface area contributed by atoms with Crippen molar-refractivity contribution in [2.24, 2.45) is 5.92 Å². The number of pyridine rings is 1. The van der Waals surface area contributed by atoms with E-state index in [-0.39, 0.29) is 30.1 Å². The Hall–Kier alpha value is -3.30. The SMILES string of the molecule is CC(=O)NC1(c2noc(CCC(=O)N3CCCC(C(=O)Nc4ccc(C)cn4)C3)n2)CCCCCC1. The second-order valence-corrected chi connectivity index (χ2v) is 10.1. The maximum atomic E-state index is 12.9. The largest absolute Gasteiger partial charge is 0.343 e. The van der Waals surface area contributed by atoms with Gasteiger partial charge in [0, 0.05) is 39.1 Å². The Morgan fingerprint density at radius 2 is 1.92 bits per heavy atom. The van der Waals surface area contributed by atoms with E-state index in [0.717, 1.165) is 56.9 Å². The smallest absolute Gasteiger partial charge is 0.230 e. The summed E-state index contributed by atoms with van der Waals surface area (Å²) in [5.74, 6) is 0.884. The van der Waals surface area contributed by atoms with Crippen LogP contribution in [-0.4, -0.2) is 50.8 Å². The molecule has 1 unspecified atom stereocenters. The number of anilines is 1. The van der Waals surface area contributed by atoms with E-state index < -0.39 is 5.54 Å². The number of aromatic nitrogens is 3. The molecule has 36 heavy (non-hydrogen) atoms. The monoisotopic (exact) mass is 496 g/mol. The molecule has 3 amide bonds. The van der Waals surface area contributed by atoms with Crippen LogP contribution in [0.4, 0.5) is 5.82 Å². The Bertz CT molecular complexity index is 1060. The Labute approximate surface area is 211 Å². The summed E-state index contributed by atoms with van der Waals surface area (Å²) in [6.07, 6.45) is 9.55. The van der Waals surface area contributed by atoms with Gasteiger partial charge in [-0.25, -0.2) is 4.98 Å². The molecule has 0 radical (unpaired) electrons. The second-order valence-electron chi connectivity index (χ2n) is 10.1. The van der Waals surface area contributed by atoms with Gasteiger partial charge in [-0.15, -0.1) is 0 Å². The third-order valence-electron chi connectivity index (χ3n) is 7.13. The van der Waals surface area contributed by atoms with Crippen LogP contribution in [0.2, 0.25) is 0 Å². The second kappa shape index (κ2) is 11.6. The molecule has 10 nitrogen and oxygen atoms in total. The molecule has 10 heteroatoms. The zero-order chi connectivity index (χ0) is 25.5. The third kappa shape index (κ3) is 6.47. The lowest BCUT2D eigenvalue weighted by molar-refractivity contribution is -0.134. The van der Waals surface area contributed by atoms with Crippen LogP contribution in [0.3, 0.4) is 0 Å². The number of piperidine rings is 1. The first-order valence-corrected chi connectivity index (χ1v) is 13.0. The first kappa shape index (κ1) is 25.8. The molecule has 4 rings (SSSR count). The van der Waals surface area contributed by atoms with Gasteiger partial charge in [0.1, 0.15) is 11.4 Å². The maximum absolute atomic E-state index is 12.9. The molecule has 2 aromatic rings. The molecule has 0 aromatic carbocycles. The van der Waals surface area contributed by atoms with Crippen molar-refractivity contribution in [3.8, 4) is 0 Å². The lowest BCUT2D eigenvalue weighted by Crippen LogP contribution is -2.45. The van der Waals surface area contributed by atoms with E-state index in [1.54, 1.807) is 17.2 Å². The molecule has 1 saturated heterocycles. The Morgan fingerprint density at radius 1 is 1.14 bits per heavy atom. The summed E-state index contributed by atoms with van der Waals surface area (Å²) in [6, 6.07) is 3.68. The minimum atomic E-state index is -0.603. The predicted octanol–water partition coefficient (Wildman–Crippen LogP) is 3.27. The summed E-state index contributed by atoms with van der Waals surface area (Å²) in [5.41, 5.74) is 0.420. The van der Waals surface area contributed by atoms with Crippen molar-refractivity contribution in [1.29, 1.82) is 0 Å². The Kier molecular flexibility index (Phi) is 8.32. The summed E-state index contributed by atoms with van der Waals surface area (Å²) in [5, 5.41) is 10.1. The van der Waals surface area contributed by atoms with Gasteiger partial charge in [0.05, 0.1) is 5.92 Å². The van der Waals surface area contributed by atoms with Crippen molar-refractivity contribution < 1.29 is 18.9 Å². The molecule has 1 aliphatic heterocycles. The first-order chi connectivity index (χ1) is 17.3. The number of carbonyl (C=O) groups is 3. The highest BCUT2D eigenvalue weighted by molar-refractivity contribution is 5.92. The van der Waals surface area contributed by atoms with Crippen molar-refractivity contribution in [2.45, 2.75) is 83.6 Å². The fraction of sp³-hybridized carbons (Fsp3) is 0.615. The molecule has 2 aromatic heterocycles. The quantitative estimate of drug-likeness (QED) is 0.563. The molecule has 2 fully saturated rings. The van der Waals surface area contributed by atoms with Gasteiger partial charge in [-0.3, -0.25) is 14.4 Å². The highest BCUT2D eigenvalue weighted by Crippen LogP contribution is 2.34. The van der Waals surface area contributed by atoms with Crippen LogP contribution in [0.5, 0.6) is 0 Å². The number of hydrogen-bond donors (Lipinski definition) is 2. The minimum absolute atomic E-state index is 0.0354. The molecular formula is C26H36N6O4. The van der Waals surface area contributed by atoms with Gasteiger partial charge in [-0.1, -0.05) is 36.9 Å². The average molecular weight is 497 g/mol. The lowest BCUT2D eigenvalue weighted by atomic mass is 9.89. The summed E-state index contributed by atoms with van der Waals surface area (Å²) in [4.78, 5) is 48.1. The van der Waals surface area contributed by atoms with Gasteiger partial charge < -0.3 is 20.1 Å². The van der Waals surface area contributed by atoms with Crippen LogP contribution < -0.4 is 10.6 Å². The van der Waals surface area contributed by atoms with Gasteiger partial charge in [-0.05, 0) is 44.2 Å². The van der Waals surface area contributed by atoms with Crippen LogP contribution in [0.15, 0.2) is 22.9 Å². The molecule has 3 heterocycles. The molecule has 0 bridgehead atoms. The van der Waals surface area contributed by atoms with Crippen LogP contribution in [-0.2, 0) is 26.3 Å². The zero-order valence-corrected chi connectivity index (χ0v) is 21.2. The Balaban J connectivity index is 1.32. The van der Waals surface area contributed by atoms with E-state index in [1.807, 2.05) is 13.0 Å². The number of likely N-dealkylation sites (tertiary alicyclic amines) is 1. The summed E-state index contributed by atoms with van der Waals surface area (Å²) in [7, 11) is 0. The molecule has 1 aliphatic carbocycles. The van der Waals surface area contributed by atoms with Gasteiger partial charge in [0.2, 0.25) is 23.6 Å². The normalized spacial score (nSPS) is 19.8. The summed E-state index contributed by atoms with van der Waals surface area (Å²) >= 11 is 0. The summed E-state index contributed by atoms with van der Waals surface area (Å²) in [6.45, 7) is 4.47. The van der Waals surface area contributed by atoms with Gasteiger partial charge >= 0.3 is 0 Å². The predicted molar refractivity (Wildman–Crippen MR) is 133 cm³/mol. The fourth-order valence-corrected chi connectivity index (χ4v) is 5.18. The minimum Gasteiger partial charge on any atom is -0.343 e. The molecule has 2 aliphatic rings. The molecule has 194 valence electrons. The van der Waals surface area contributed by atoms with Crippen LogP contribution in [0.1, 0.15) is 82.0 Å². The van der Waals surface area contributed by atoms with Crippen LogP contribution in [0, 0.1) is 12.8 Å². The highest BCUT2D eigenvalue weighted by Gasteiger charge is 2.38. The lowest BCUT2D eigenvalue weighted by Gasteiger charge is -2.32. The van der Waals surface area contributed by atoms with E-state index in [1.165, 1.54) is 6.92 Å². The van der Waals surface area contributed by atoms with Crippen molar-refractivity contribution in [3.63, 3.8) is 0 Å². The standard InChI is InChI=1S/C26H36N6O4/c1-18-9-10-21(27-16-18)28-24(35)20-8-7-15-32(17-20)23(34)12-11-22-29-25(31-36-22)26(30-19(2)33)13-5-3-4-6-14-26/h9-10,16,20H,3-8,11-15,17H2,1-2H3,(H,30,33)(H,27,28,35). The topological polar surface area (TPSA) is 130 Å². The van der Waals surface area contributed by atoms with Gasteiger partial charge in [0.15, 0.2) is 5.82 Å². The maximum Gasteiger partial charge on any atom is 0.230 e. The van der Waals surface area contributed by atoms with E-state index in [0.29, 0.717) is 37.0 Å². The van der Waals surface area contributed by atoms with Crippen molar-refractivity contribution in [3.05, 3.63) is 35.6 Å².